The molecule has 0 aliphatic heterocycles. The molecule has 34 heavy (non-hydrogen) atoms. The van der Waals surface area contributed by atoms with Gasteiger partial charge >= 0.3 is 12.1 Å². The van der Waals surface area contributed by atoms with Crippen LogP contribution in [0.15, 0.2) is 48.5 Å². The number of unbranched alkanes of at least 4 members (excludes halogenated alkanes) is 1. The molecule has 2 N–H and O–H groups in total. The van der Waals surface area contributed by atoms with Gasteiger partial charge in [0.05, 0.1) is 6.42 Å². The number of carboxylic acid groups (broad SMARTS) is 1. The van der Waals surface area contributed by atoms with Gasteiger partial charge in [-0.25, -0.2) is 4.79 Å². The van der Waals surface area contributed by atoms with Crippen molar-refractivity contribution in [1.82, 2.24) is 10.2 Å². The van der Waals surface area contributed by atoms with Crippen LogP contribution in [0, 0.1) is 0 Å². The van der Waals surface area contributed by atoms with Gasteiger partial charge in [0.1, 0.15) is 12.6 Å². The third-order valence-corrected chi connectivity index (χ3v) is 6.41. The molecular weight excluding hydrogens is 432 g/mol. The summed E-state index contributed by atoms with van der Waals surface area (Å²) in [6.07, 6.45) is 1.30. The molecule has 0 saturated heterocycles. The number of ether oxygens (including phenoxy) is 1. The van der Waals surface area contributed by atoms with Crippen molar-refractivity contribution >= 4 is 18.0 Å². The predicted molar refractivity (Wildman–Crippen MR) is 131 cm³/mol. The first-order valence-corrected chi connectivity index (χ1v) is 12.0. The van der Waals surface area contributed by atoms with Crippen molar-refractivity contribution in [3.05, 3.63) is 59.7 Å². The minimum atomic E-state index is -0.964. The molecule has 0 saturated carbocycles. The molecule has 2 amide bonds. The molecule has 2 atom stereocenters. The molecule has 2 aromatic carbocycles. The lowest BCUT2D eigenvalue weighted by atomic mass is 9.98. The Bertz CT molecular complexity index is 976. The van der Waals surface area contributed by atoms with E-state index < -0.39 is 24.1 Å². The molecule has 0 radical (unpaired) electrons. The fraction of sp³-hybridized carbons (Fsp3) is 0.444. The highest BCUT2D eigenvalue weighted by molar-refractivity contribution is 5.86. The third-order valence-electron chi connectivity index (χ3n) is 6.41. The third kappa shape index (κ3) is 5.76. The number of carbonyl (C=O) groups excluding carboxylic acids is 2. The van der Waals surface area contributed by atoms with E-state index in [1.807, 2.05) is 31.2 Å². The summed E-state index contributed by atoms with van der Waals surface area (Å²) >= 11 is 0. The fourth-order valence-corrected chi connectivity index (χ4v) is 4.70. The number of aliphatic carboxylic acids is 1. The highest BCUT2D eigenvalue weighted by Gasteiger charge is 2.31. The van der Waals surface area contributed by atoms with Crippen LogP contribution in [0.1, 0.15) is 63.5 Å². The normalized spacial score (nSPS) is 14.0. The highest BCUT2D eigenvalue weighted by Crippen LogP contribution is 2.44. The lowest BCUT2D eigenvalue weighted by Gasteiger charge is -2.31. The number of alkyl carbamates (subject to hydrolysis) is 1. The van der Waals surface area contributed by atoms with Crippen molar-refractivity contribution in [3.63, 3.8) is 0 Å². The second-order valence-electron chi connectivity index (χ2n) is 8.74. The minimum Gasteiger partial charge on any atom is -0.481 e. The minimum absolute atomic E-state index is 0.0642. The molecule has 182 valence electrons. The van der Waals surface area contributed by atoms with Crippen LogP contribution < -0.4 is 5.32 Å². The summed E-state index contributed by atoms with van der Waals surface area (Å²) in [7, 11) is 0. The lowest BCUT2D eigenvalue weighted by molar-refractivity contribution is -0.141. The zero-order valence-corrected chi connectivity index (χ0v) is 20.1. The van der Waals surface area contributed by atoms with Crippen LogP contribution >= 0.6 is 0 Å². The summed E-state index contributed by atoms with van der Waals surface area (Å²) in [5, 5.41) is 11.9. The molecule has 7 heteroatoms. The quantitative estimate of drug-likeness (QED) is 0.496. The van der Waals surface area contributed by atoms with E-state index in [0.717, 1.165) is 35.1 Å². The number of nitrogens with zero attached hydrogens (tertiary/aromatic N) is 1. The second-order valence-corrected chi connectivity index (χ2v) is 8.74. The van der Waals surface area contributed by atoms with Crippen LogP contribution in [0.25, 0.3) is 11.1 Å². The molecule has 0 aromatic heterocycles. The number of rotatable bonds is 11. The van der Waals surface area contributed by atoms with Gasteiger partial charge in [0.2, 0.25) is 5.91 Å². The van der Waals surface area contributed by atoms with E-state index in [2.05, 4.69) is 29.6 Å². The average molecular weight is 467 g/mol. The zero-order chi connectivity index (χ0) is 24.7. The van der Waals surface area contributed by atoms with Crippen molar-refractivity contribution in [2.24, 2.45) is 0 Å². The number of benzene rings is 2. The Balaban J connectivity index is 1.68. The Hall–Kier alpha value is -3.35. The van der Waals surface area contributed by atoms with Gasteiger partial charge in [-0.2, -0.15) is 0 Å². The lowest BCUT2D eigenvalue weighted by Crippen LogP contribution is -2.51. The number of hydrogen-bond donors (Lipinski definition) is 2. The number of fused-ring (bicyclic) bond motifs is 3. The predicted octanol–water partition coefficient (Wildman–Crippen LogP) is 4.80. The molecule has 0 bridgehead atoms. The second kappa shape index (κ2) is 11.7. The van der Waals surface area contributed by atoms with E-state index in [0.29, 0.717) is 13.0 Å². The molecule has 0 spiro atoms. The van der Waals surface area contributed by atoms with E-state index in [1.54, 1.807) is 13.8 Å². The number of carbonyl (C=O) groups is 3. The number of nitrogens with one attached hydrogen (secondary N) is 1. The van der Waals surface area contributed by atoms with Crippen molar-refractivity contribution in [2.75, 3.05) is 13.2 Å². The van der Waals surface area contributed by atoms with E-state index in [-0.39, 0.29) is 24.9 Å². The number of amides is 2. The topological polar surface area (TPSA) is 95.9 Å². The Morgan fingerprint density at radius 1 is 1.03 bits per heavy atom. The van der Waals surface area contributed by atoms with Gasteiger partial charge in [-0.05, 0) is 42.5 Å². The highest BCUT2D eigenvalue weighted by atomic mass is 16.5. The van der Waals surface area contributed by atoms with Gasteiger partial charge in [0.25, 0.3) is 0 Å². The maximum absolute atomic E-state index is 13.2. The summed E-state index contributed by atoms with van der Waals surface area (Å²) < 4.78 is 5.62. The van der Waals surface area contributed by atoms with Crippen molar-refractivity contribution < 1.29 is 24.2 Å². The molecule has 3 rings (SSSR count). The van der Waals surface area contributed by atoms with E-state index in [9.17, 15) is 14.4 Å². The van der Waals surface area contributed by atoms with Gasteiger partial charge in [0, 0.05) is 18.5 Å². The van der Waals surface area contributed by atoms with Crippen LogP contribution in [-0.2, 0) is 14.3 Å². The summed E-state index contributed by atoms with van der Waals surface area (Å²) in [6.45, 7) is 6.06. The average Bonchev–Trinajstić information content (AvgIpc) is 3.14. The van der Waals surface area contributed by atoms with Gasteiger partial charge in [-0.3, -0.25) is 9.59 Å². The maximum atomic E-state index is 13.2. The molecule has 2 aromatic rings. The van der Waals surface area contributed by atoms with Gasteiger partial charge < -0.3 is 20.1 Å². The van der Waals surface area contributed by atoms with Gasteiger partial charge in [-0.15, -0.1) is 0 Å². The van der Waals surface area contributed by atoms with Gasteiger partial charge in [-0.1, -0.05) is 68.3 Å². The molecule has 7 nitrogen and oxygen atoms in total. The Morgan fingerprint density at radius 3 is 2.15 bits per heavy atom. The van der Waals surface area contributed by atoms with E-state index in [4.69, 9.17) is 9.84 Å². The summed E-state index contributed by atoms with van der Waals surface area (Å²) in [5.41, 5.74) is 4.53. The van der Waals surface area contributed by atoms with Crippen molar-refractivity contribution in [2.45, 2.75) is 64.5 Å². The Labute approximate surface area is 201 Å². The summed E-state index contributed by atoms with van der Waals surface area (Å²) in [4.78, 5) is 38.6. The largest absolute Gasteiger partial charge is 0.481 e. The summed E-state index contributed by atoms with van der Waals surface area (Å²) in [6, 6.07) is 15.0. The number of hydrogen-bond acceptors (Lipinski definition) is 4. The van der Waals surface area contributed by atoms with Crippen LogP contribution in [-0.4, -0.2) is 53.2 Å². The molecule has 1 aliphatic rings. The fourth-order valence-electron chi connectivity index (χ4n) is 4.70. The molecular formula is C27H34N2O5. The number of likely N-dealkylation sites (N-methyl/N-ethyl adjacent to an activating group) is 1. The first-order valence-electron chi connectivity index (χ1n) is 12.0. The van der Waals surface area contributed by atoms with Crippen LogP contribution in [0.4, 0.5) is 4.79 Å². The SMILES string of the molecule is CCCC[C@H](NC(=O)OCC1c2ccccc2-c2ccccc21)C(=O)N(CC)C(C)CC(=O)O. The van der Waals surface area contributed by atoms with E-state index >= 15 is 0 Å². The smallest absolute Gasteiger partial charge is 0.407 e. The Kier molecular flexibility index (Phi) is 8.68. The first-order chi connectivity index (χ1) is 16.4. The van der Waals surface area contributed by atoms with Crippen molar-refractivity contribution in [1.29, 1.82) is 0 Å². The van der Waals surface area contributed by atoms with Crippen molar-refractivity contribution in [3.8, 4) is 11.1 Å². The number of carboxylic acids is 1. The van der Waals surface area contributed by atoms with Crippen LogP contribution in [0.5, 0.6) is 0 Å². The zero-order valence-electron chi connectivity index (χ0n) is 20.1. The standard InChI is InChI=1S/C27H34N2O5/c1-4-6-15-24(26(32)29(5-2)18(3)16-25(30)31)28-27(33)34-17-23-21-13-9-7-11-19(21)20-12-8-10-14-22(20)23/h7-14,18,23-24H,4-6,15-17H2,1-3H3,(H,28,33)(H,30,31)/t18?,24-/m0/s1. The molecule has 1 aliphatic carbocycles. The van der Waals surface area contributed by atoms with Crippen LogP contribution in [0.3, 0.4) is 0 Å². The van der Waals surface area contributed by atoms with E-state index in [1.165, 1.54) is 4.90 Å². The molecule has 1 unspecified atom stereocenters. The summed E-state index contributed by atoms with van der Waals surface area (Å²) in [5.74, 6) is -1.31. The molecule has 0 heterocycles. The maximum Gasteiger partial charge on any atom is 0.407 e. The first kappa shape index (κ1) is 25.3. The Morgan fingerprint density at radius 2 is 1.62 bits per heavy atom. The van der Waals surface area contributed by atoms with Crippen LogP contribution in [0.2, 0.25) is 0 Å². The molecule has 0 fully saturated rings. The van der Waals surface area contributed by atoms with Gasteiger partial charge in [0.15, 0.2) is 0 Å². The monoisotopic (exact) mass is 466 g/mol.